The second kappa shape index (κ2) is 9.06. The number of likely N-dealkylation sites (N-methyl/N-ethyl adjacent to an activating group) is 1. The minimum absolute atomic E-state index is 0.323. The molecule has 0 radical (unpaired) electrons. The summed E-state index contributed by atoms with van der Waals surface area (Å²) in [6.07, 6.45) is 3.51. The summed E-state index contributed by atoms with van der Waals surface area (Å²) >= 11 is 0. The molecular formula is C22H30N2O2. The van der Waals surface area contributed by atoms with Crippen LogP contribution in [0.2, 0.25) is 0 Å². The zero-order valence-electron chi connectivity index (χ0n) is 15.9. The number of methoxy groups -OCH3 is 1. The van der Waals surface area contributed by atoms with Crippen molar-refractivity contribution >= 4 is 0 Å². The molecule has 2 aromatic carbocycles. The molecule has 4 heteroatoms. The van der Waals surface area contributed by atoms with Crippen molar-refractivity contribution in [3.05, 3.63) is 59.7 Å². The number of hydrogen-bond donors (Lipinski definition) is 1. The molecule has 1 N–H and O–H groups in total. The van der Waals surface area contributed by atoms with Gasteiger partial charge >= 0.3 is 0 Å². The Kier molecular flexibility index (Phi) is 6.53. The summed E-state index contributed by atoms with van der Waals surface area (Å²) in [6.45, 7) is 3.91. The Bertz CT molecular complexity index is 690. The molecule has 0 saturated carbocycles. The van der Waals surface area contributed by atoms with E-state index in [1.54, 1.807) is 13.2 Å². The summed E-state index contributed by atoms with van der Waals surface area (Å²) in [7, 11) is 3.90. The number of aromatic hydroxyl groups is 1. The highest BCUT2D eigenvalue weighted by Crippen LogP contribution is 2.29. The molecule has 1 aliphatic rings. The van der Waals surface area contributed by atoms with E-state index in [0.29, 0.717) is 11.8 Å². The summed E-state index contributed by atoms with van der Waals surface area (Å²) < 4.78 is 5.43. The third kappa shape index (κ3) is 4.77. The van der Waals surface area contributed by atoms with Crippen molar-refractivity contribution in [2.75, 3.05) is 33.8 Å². The fraction of sp³-hybridized carbons (Fsp3) is 0.455. The molecule has 1 heterocycles. The molecule has 2 aromatic rings. The van der Waals surface area contributed by atoms with Crippen molar-refractivity contribution in [2.45, 2.75) is 31.8 Å². The summed E-state index contributed by atoms with van der Waals surface area (Å²) in [5.41, 5.74) is 2.29. The van der Waals surface area contributed by atoms with Gasteiger partial charge in [0.05, 0.1) is 7.11 Å². The van der Waals surface area contributed by atoms with Crippen molar-refractivity contribution in [3.8, 4) is 11.5 Å². The Balaban J connectivity index is 1.57. The van der Waals surface area contributed by atoms with Crippen molar-refractivity contribution < 1.29 is 9.84 Å². The van der Waals surface area contributed by atoms with Gasteiger partial charge in [-0.25, -0.2) is 0 Å². The third-order valence-corrected chi connectivity index (χ3v) is 5.41. The van der Waals surface area contributed by atoms with E-state index in [2.05, 4.69) is 47.2 Å². The summed E-state index contributed by atoms with van der Waals surface area (Å²) in [6, 6.07) is 16.7. The van der Waals surface area contributed by atoms with Gasteiger partial charge in [0, 0.05) is 31.2 Å². The Morgan fingerprint density at radius 1 is 1.15 bits per heavy atom. The first-order valence-corrected chi connectivity index (χ1v) is 9.48. The molecule has 26 heavy (non-hydrogen) atoms. The average molecular weight is 354 g/mol. The lowest BCUT2D eigenvalue weighted by Crippen LogP contribution is -2.46. The van der Waals surface area contributed by atoms with Crippen LogP contribution in [0.25, 0.3) is 0 Å². The smallest absolute Gasteiger partial charge is 0.127 e. The Morgan fingerprint density at radius 2 is 1.96 bits per heavy atom. The van der Waals surface area contributed by atoms with Crippen LogP contribution < -0.4 is 4.74 Å². The molecule has 1 saturated heterocycles. The Morgan fingerprint density at radius 3 is 2.73 bits per heavy atom. The standard InChI is InChI=1S/C22H30N2O2/c1-23(15-13-18-8-4-3-5-9-18)19-10-7-14-24(16-19)17-20-21(25)11-6-12-22(20)26-2/h3-6,8-9,11-12,19,25H,7,10,13-17H2,1-2H3/t19-/m1/s1. The maximum absolute atomic E-state index is 10.2. The van der Waals surface area contributed by atoms with Crippen LogP contribution in [0.4, 0.5) is 0 Å². The van der Waals surface area contributed by atoms with Gasteiger partial charge in [-0.15, -0.1) is 0 Å². The molecule has 0 aromatic heterocycles. The largest absolute Gasteiger partial charge is 0.507 e. The lowest BCUT2D eigenvalue weighted by atomic mass is 10.0. The highest BCUT2D eigenvalue weighted by molar-refractivity contribution is 5.43. The fourth-order valence-electron chi connectivity index (χ4n) is 3.80. The zero-order chi connectivity index (χ0) is 18.4. The van der Waals surface area contributed by atoms with Crippen molar-refractivity contribution in [3.63, 3.8) is 0 Å². The summed E-state index contributed by atoms with van der Waals surface area (Å²) in [5.74, 6) is 1.09. The van der Waals surface area contributed by atoms with Crippen molar-refractivity contribution in [2.24, 2.45) is 0 Å². The predicted molar refractivity (Wildman–Crippen MR) is 106 cm³/mol. The minimum Gasteiger partial charge on any atom is -0.507 e. The topological polar surface area (TPSA) is 35.9 Å². The van der Waals surface area contributed by atoms with E-state index in [-0.39, 0.29) is 0 Å². The van der Waals surface area contributed by atoms with Gasteiger partial charge in [-0.2, -0.15) is 0 Å². The van der Waals surface area contributed by atoms with E-state index >= 15 is 0 Å². The highest BCUT2D eigenvalue weighted by atomic mass is 16.5. The number of piperidine rings is 1. The van der Waals surface area contributed by atoms with Gasteiger partial charge in [-0.1, -0.05) is 36.4 Å². The zero-order valence-corrected chi connectivity index (χ0v) is 15.9. The Hall–Kier alpha value is -2.04. The molecule has 3 rings (SSSR count). The van der Waals surface area contributed by atoms with E-state index in [1.165, 1.54) is 18.4 Å². The van der Waals surface area contributed by atoms with Crippen LogP contribution in [0.15, 0.2) is 48.5 Å². The number of rotatable bonds is 7. The van der Waals surface area contributed by atoms with E-state index in [0.717, 1.165) is 43.9 Å². The molecule has 0 aliphatic carbocycles. The van der Waals surface area contributed by atoms with E-state index < -0.39 is 0 Å². The number of likely N-dealkylation sites (tertiary alicyclic amines) is 1. The molecule has 1 aliphatic heterocycles. The van der Waals surface area contributed by atoms with Gasteiger partial charge in [-0.3, -0.25) is 4.90 Å². The lowest BCUT2D eigenvalue weighted by molar-refractivity contribution is 0.111. The first kappa shape index (κ1) is 18.7. The number of phenols is 1. The van der Waals surface area contributed by atoms with Gasteiger partial charge in [0.1, 0.15) is 11.5 Å². The second-order valence-electron chi connectivity index (χ2n) is 7.21. The van der Waals surface area contributed by atoms with Crippen LogP contribution >= 0.6 is 0 Å². The number of benzene rings is 2. The van der Waals surface area contributed by atoms with Crippen LogP contribution in [-0.4, -0.2) is 54.7 Å². The maximum Gasteiger partial charge on any atom is 0.127 e. The predicted octanol–water partition coefficient (Wildman–Crippen LogP) is 3.54. The van der Waals surface area contributed by atoms with Gasteiger partial charge in [0.15, 0.2) is 0 Å². The minimum atomic E-state index is 0.323. The van der Waals surface area contributed by atoms with Gasteiger partial charge in [0.25, 0.3) is 0 Å². The maximum atomic E-state index is 10.2. The SMILES string of the molecule is COc1cccc(O)c1CN1CCC[C@@H](N(C)CCc2ccccc2)C1. The molecule has 1 atom stereocenters. The number of phenolic OH excluding ortho intramolecular Hbond substituents is 1. The van der Waals surface area contributed by atoms with Crippen LogP contribution in [0.5, 0.6) is 11.5 Å². The normalized spacial score (nSPS) is 18.2. The van der Waals surface area contributed by atoms with Crippen molar-refractivity contribution in [1.29, 1.82) is 0 Å². The molecular weight excluding hydrogens is 324 g/mol. The van der Waals surface area contributed by atoms with E-state index in [9.17, 15) is 5.11 Å². The number of nitrogens with zero attached hydrogens (tertiary/aromatic N) is 2. The highest BCUT2D eigenvalue weighted by Gasteiger charge is 2.24. The fourth-order valence-corrected chi connectivity index (χ4v) is 3.80. The van der Waals surface area contributed by atoms with Gasteiger partial charge in [-0.05, 0) is 50.6 Å². The molecule has 0 bridgehead atoms. The molecule has 0 amide bonds. The molecule has 0 unspecified atom stereocenters. The quantitative estimate of drug-likeness (QED) is 0.825. The third-order valence-electron chi connectivity index (χ3n) is 5.41. The van der Waals surface area contributed by atoms with Gasteiger partial charge < -0.3 is 14.7 Å². The van der Waals surface area contributed by atoms with E-state index in [4.69, 9.17) is 4.74 Å². The molecule has 4 nitrogen and oxygen atoms in total. The number of hydrogen-bond acceptors (Lipinski definition) is 4. The van der Waals surface area contributed by atoms with Gasteiger partial charge in [0.2, 0.25) is 0 Å². The summed E-state index contributed by atoms with van der Waals surface area (Å²) in [4.78, 5) is 4.92. The second-order valence-corrected chi connectivity index (χ2v) is 7.21. The first-order valence-electron chi connectivity index (χ1n) is 9.48. The monoisotopic (exact) mass is 354 g/mol. The molecule has 140 valence electrons. The van der Waals surface area contributed by atoms with Crippen LogP contribution in [-0.2, 0) is 13.0 Å². The number of ether oxygens (including phenoxy) is 1. The van der Waals surface area contributed by atoms with Crippen LogP contribution in [0.1, 0.15) is 24.0 Å². The van der Waals surface area contributed by atoms with E-state index in [1.807, 2.05) is 12.1 Å². The Labute approximate surface area is 157 Å². The molecule has 0 spiro atoms. The average Bonchev–Trinajstić information content (AvgIpc) is 2.68. The molecule has 1 fully saturated rings. The van der Waals surface area contributed by atoms with Crippen LogP contribution in [0, 0.1) is 0 Å². The van der Waals surface area contributed by atoms with Crippen LogP contribution in [0.3, 0.4) is 0 Å². The summed E-state index contributed by atoms with van der Waals surface area (Å²) in [5, 5.41) is 10.2. The lowest BCUT2D eigenvalue weighted by Gasteiger charge is -2.38. The first-order chi connectivity index (χ1) is 12.7. The van der Waals surface area contributed by atoms with Crippen molar-refractivity contribution in [1.82, 2.24) is 9.80 Å².